The Balaban J connectivity index is 1.72. The highest BCUT2D eigenvalue weighted by Gasteiger charge is 2.29. The summed E-state index contributed by atoms with van der Waals surface area (Å²) in [5.74, 6) is -1.14. The van der Waals surface area contributed by atoms with Crippen molar-refractivity contribution >= 4 is 23.5 Å². The zero-order chi connectivity index (χ0) is 18.2. The van der Waals surface area contributed by atoms with Crippen molar-refractivity contribution in [2.24, 2.45) is 11.8 Å². The fraction of sp³-hybridized carbons (Fsp3) is 0.500. The quantitative estimate of drug-likeness (QED) is 0.699. The predicted octanol–water partition coefficient (Wildman–Crippen LogP) is 2.03. The Morgan fingerprint density at radius 1 is 1.08 bits per heavy atom. The van der Waals surface area contributed by atoms with Crippen LogP contribution in [0.3, 0.4) is 0 Å². The fourth-order valence-electron chi connectivity index (χ4n) is 2.92. The number of nitrogens with one attached hydrogen (secondary N) is 2. The molecule has 0 aromatic heterocycles. The summed E-state index contributed by atoms with van der Waals surface area (Å²) in [4.78, 5) is 34.9. The third kappa shape index (κ3) is 5.77. The molecule has 0 aliphatic heterocycles. The number of hydrogen-bond acceptors (Lipinski definition) is 4. The Labute approximate surface area is 146 Å². The molecule has 1 saturated carbocycles. The maximum absolute atomic E-state index is 12.1. The lowest BCUT2D eigenvalue weighted by Crippen LogP contribution is -2.38. The summed E-state index contributed by atoms with van der Waals surface area (Å²) < 4.78 is 5.33. The minimum Gasteiger partial charge on any atom is -0.494 e. The van der Waals surface area contributed by atoms with Crippen molar-refractivity contribution in [2.75, 3.05) is 18.5 Å². The Morgan fingerprint density at radius 2 is 1.68 bits per heavy atom. The molecule has 7 nitrogen and oxygen atoms in total. The van der Waals surface area contributed by atoms with Gasteiger partial charge in [-0.2, -0.15) is 0 Å². The molecule has 0 heterocycles. The maximum Gasteiger partial charge on any atom is 0.306 e. The lowest BCUT2D eigenvalue weighted by atomic mass is 9.81. The molecular formula is C18H24N2O5. The van der Waals surface area contributed by atoms with Gasteiger partial charge in [0.1, 0.15) is 5.75 Å². The molecule has 7 heteroatoms. The topological polar surface area (TPSA) is 105 Å². The second-order valence-corrected chi connectivity index (χ2v) is 6.11. The van der Waals surface area contributed by atoms with Gasteiger partial charge in [-0.1, -0.05) is 0 Å². The van der Waals surface area contributed by atoms with Crippen LogP contribution in [0.15, 0.2) is 24.3 Å². The first-order chi connectivity index (χ1) is 12.0. The number of carboxylic acids is 1. The van der Waals surface area contributed by atoms with Gasteiger partial charge in [0.25, 0.3) is 0 Å². The van der Waals surface area contributed by atoms with Crippen LogP contribution in [0.1, 0.15) is 32.6 Å². The van der Waals surface area contributed by atoms with Crippen molar-refractivity contribution in [2.45, 2.75) is 32.6 Å². The molecule has 0 radical (unpaired) electrons. The summed E-state index contributed by atoms with van der Waals surface area (Å²) in [6, 6.07) is 6.99. The van der Waals surface area contributed by atoms with Crippen LogP contribution in [-0.4, -0.2) is 36.0 Å². The van der Waals surface area contributed by atoms with Gasteiger partial charge in [0.15, 0.2) is 0 Å². The van der Waals surface area contributed by atoms with Crippen LogP contribution in [0.2, 0.25) is 0 Å². The Morgan fingerprint density at radius 3 is 2.24 bits per heavy atom. The van der Waals surface area contributed by atoms with Crippen LogP contribution >= 0.6 is 0 Å². The van der Waals surface area contributed by atoms with Crippen molar-refractivity contribution in [1.82, 2.24) is 5.32 Å². The van der Waals surface area contributed by atoms with Crippen molar-refractivity contribution < 1.29 is 24.2 Å². The molecule has 3 N–H and O–H groups in total. The van der Waals surface area contributed by atoms with Crippen molar-refractivity contribution in [1.29, 1.82) is 0 Å². The standard InChI is InChI=1S/C18H24N2O5/c1-2-25-15-9-7-14(8-10-15)20-16(21)11-19-17(22)12-3-5-13(6-4-12)18(23)24/h7-10,12-13H,2-6,11H2,1H3,(H,19,22)(H,20,21)(H,23,24). The zero-order valence-corrected chi connectivity index (χ0v) is 14.3. The Kier molecular flexibility index (Phi) is 6.80. The van der Waals surface area contributed by atoms with Crippen LogP contribution in [0.25, 0.3) is 0 Å². The smallest absolute Gasteiger partial charge is 0.306 e. The molecule has 0 bridgehead atoms. The van der Waals surface area contributed by atoms with E-state index in [1.165, 1.54) is 0 Å². The molecule has 25 heavy (non-hydrogen) atoms. The molecule has 1 aromatic carbocycles. The number of hydrogen-bond donors (Lipinski definition) is 3. The first-order valence-corrected chi connectivity index (χ1v) is 8.52. The average Bonchev–Trinajstić information content (AvgIpc) is 2.61. The third-order valence-corrected chi connectivity index (χ3v) is 4.32. The molecule has 136 valence electrons. The van der Waals surface area contributed by atoms with Crippen molar-refractivity contribution in [3.8, 4) is 5.75 Å². The number of carbonyl (C=O) groups is 3. The number of ether oxygens (including phenoxy) is 1. The number of amides is 2. The minimum absolute atomic E-state index is 0.106. The molecule has 0 atom stereocenters. The summed E-state index contributed by atoms with van der Waals surface area (Å²) in [7, 11) is 0. The van der Waals surface area contributed by atoms with E-state index in [-0.39, 0.29) is 30.2 Å². The molecule has 1 aromatic rings. The Bertz CT molecular complexity index is 606. The van der Waals surface area contributed by atoms with E-state index in [2.05, 4.69) is 10.6 Å². The number of carboxylic acid groups (broad SMARTS) is 1. The molecule has 0 spiro atoms. The SMILES string of the molecule is CCOc1ccc(NC(=O)CNC(=O)C2CCC(C(=O)O)CC2)cc1. The normalized spacial score (nSPS) is 19.7. The molecule has 0 unspecified atom stereocenters. The van der Waals surface area contributed by atoms with Gasteiger partial charge in [-0.25, -0.2) is 0 Å². The van der Waals surface area contributed by atoms with Gasteiger partial charge in [-0.3, -0.25) is 14.4 Å². The van der Waals surface area contributed by atoms with Gasteiger partial charge >= 0.3 is 5.97 Å². The van der Waals surface area contributed by atoms with Crippen molar-refractivity contribution in [3.63, 3.8) is 0 Å². The first kappa shape index (κ1) is 18.8. The van der Waals surface area contributed by atoms with E-state index < -0.39 is 5.97 Å². The van der Waals surface area contributed by atoms with Gasteiger partial charge < -0.3 is 20.5 Å². The van der Waals surface area contributed by atoms with Gasteiger partial charge in [-0.05, 0) is 56.9 Å². The lowest BCUT2D eigenvalue weighted by Gasteiger charge is -2.25. The van der Waals surface area contributed by atoms with Gasteiger partial charge in [-0.15, -0.1) is 0 Å². The zero-order valence-electron chi connectivity index (χ0n) is 14.3. The molecule has 0 saturated heterocycles. The van der Waals surface area contributed by atoms with Crippen LogP contribution < -0.4 is 15.4 Å². The molecule has 1 aliphatic rings. The molecule has 1 fully saturated rings. The van der Waals surface area contributed by atoms with Crippen LogP contribution in [0.4, 0.5) is 5.69 Å². The monoisotopic (exact) mass is 348 g/mol. The molecular weight excluding hydrogens is 324 g/mol. The van der Waals surface area contributed by atoms with E-state index in [1.54, 1.807) is 24.3 Å². The Hall–Kier alpha value is -2.57. The van der Waals surface area contributed by atoms with E-state index >= 15 is 0 Å². The van der Waals surface area contributed by atoms with Gasteiger partial charge in [0.2, 0.25) is 11.8 Å². The number of aliphatic carboxylic acids is 1. The maximum atomic E-state index is 12.1. The molecule has 2 rings (SSSR count). The number of rotatable bonds is 7. The third-order valence-electron chi connectivity index (χ3n) is 4.32. The van der Waals surface area contributed by atoms with E-state index in [4.69, 9.17) is 9.84 Å². The number of carbonyl (C=O) groups excluding carboxylic acids is 2. The van der Waals surface area contributed by atoms with Crippen LogP contribution in [0, 0.1) is 11.8 Å². The summed E-state index contributed by atoms with van der Waals surface area (Å²) in [5, 5.41) is 14.3. The summed E-state index contributed by atoms with van der Waals surface area (Å²) in [5.41, 5.74) is 0.629. The fourth-order valence-corrected chi connectivity index (χ4v) is 2.92. The molecule has 1 aliphatic carbocycles. The summed E-state index contributed by atoms with van der Waals surface area (Å²) in [6.07, 6.45) is 2.10. The van der Waals surface area contributed by atoms with Crippen LogP contribution in [0.5, 0.6) is 5.75 Å². The second-order valence-electron chi connectivity index (χ2n) is 6.11. The summed E-state index contributed by atoms with van der Waals surface area (Å²) in [6.45, 7) is 2.36. The summed E-state index contributed by atoms with van der Waals surface area (Å²) >= 11 is 0. The highest BCUT2D eigenvalue weighted by atomic mass is 16.5. The number of anilines is 1. The first-order valence-electron chi connectivity index (χ1n) is 8.52. The lowest BCUT2D eigenvalue weighted by molar-refractivity contribution is -0.144. The predicted molar refractivity (Wildman–Crippen MR) is 92.3 cm³/mol. The highest BCUT2D eigenvalue weighted by Crippen LogP contribution is 2.28. The van der Waals surface area contributed by atoms with Gasteiger partial charge in [0.05, 0.1) is 19.1 Å². The van der Waals surface area contributed by atoms with Gasteiger partial charge in [0, 0.05) is 11.6 Å². The largest absolute Gasteiger partial charge is 0.494 e. The van der Waals surface area contributed by atoms with E-state index in [0.717, 1.165) is 5.75 Å². The average molecular weight is 348 g/mol. The van der Waals surface area contributed by atoms with E-state index in [9.17, 15) is 14.4 Å². The van der Waals surface area contributed by atoms with E-state index in [1.807, 2.05) is 6.92 Å². The van der Waals surface area contributed by atoms with Crippen molar-refractivity contribution in [3.05, 3.63) is 24.3 Å². The second kappa shape index (κ2) is 9.05. The molecule has 2 amide bonds. The van der Waals surface area contributed by atoms with E-state index in [0.29, 0.717) is 38.0 Å². The minimum atomic E-state index is -0.798. The number of benzene rings is 1. The van der Waals surface area contributed by atoms with Crippen LogP contribution in [-0.2, 0) is 14.4 Å². The highest BCUT2D eigenvalue weighted by molar-refractivity contribution is 5.94.